The zero-order valence-corrected chi connectivity index (χ0v) is 9.66. The van der Waals surface area contributed by atoms with Crippen LogP contribution in [0.25, 0.3) is 0 Å². The molecule has 0 radical (unpaired) electrons. The van der Waals surface area contributed by atoms with Gasteiger partial charge in [-0.3, -0.25) is 0 Å². The van der Waals surface area contributed by atoms with Gasteiger partial charge in [0, 0.05) is 24.6 Å². The molecule has 0 spiro atoms. The second-order valence-electron chi connectivity index (χ2n) is 3.68. The molecule has 3 heteroatoms. The van der Waals surface area contributed by atoms with E-state index >= 15 is 0 Å². The fraction of sp³-hybridized carbons (Fsp3) is 0.385. The van der Waals surface area contributed by atoms with E-state index < -0.39 is 0 Å². The van der Waals surface area contributed by atoms with Crippen LogP contribution in [0.4, 0.5) is 0 Å². The van der Waals surface area contributed by atoms with Crippen molar-refractivity contribution >= 4 is 0 Å². The third kappa shape index (κ3) is 3.48. The first-order valence-corrected chi connectivity index (χ1v) is 5.20. The molecule has 0 aliphatic heterocycles. The molecule has 0 aliphatic carbocycles. The van der Waals surface area contributed by atoms with Crippen LogP contribution < -0.4 is 10.1 Å². The van der Waals surface area contributed by atoms with Crippen molar-refractivity contribution in [1.29, 1.82) is 0 Å². The SMILES string of the molecule is C#CCC(C)NCc1cc(OC)ccc1O. The van der Waals surface area contributed by atoms with Gasteiger partial charge in [0.05, 0.1) is 7.11 Å². The number of phenolic OH excluding ortho intramolecular Hbond substituents is 1. The minimum atomic E-state index is 0.232. The number of phenols is 1. The van der Waals surface area contributed by atoms with Crippen LogP contribution in [0.1, 0.15) is 18.9 Å². The third-order valence-corrected chi connectivity index (χ3v) is 2.35. The molecule has 0 amide bonds. The highest BCUT2D eigenvalue weighted by molar-refractivity contribution is 5.39. The van der Waals surface area contributed by atoms with Crippen molar-refractivity contribution in [1.82, 2.24) is 5.32 Å². The smallest absolute Gasteiger partial charge is 0.120 e. The highest BCUT2D eigenvalue weighted by Gasteiger charge is 2.05. The number of nitrogens with one attached hydrogen (secondary N) is 1. The maximum Gasteiger partial charge on any atom is 0.120 e. The maximum absolute atomic E-state index is 9.64. The summed E-state index contributed by atoms with van der Waals surface area (Å²) in [6.45, 7) is 2.59. The second kappa shape index (κ2) is 6.04. The second-order valence-corrected chi connectivity index (χ2v) is 3.68. The molecular weight excluding hydrogens is 202 g/mol. The number of aromatic hydroxyl groups is 1. The molecule has 0 heterocycles. The Bertz CT molecular complexity index is 382. The molecule has 1 aromatic carbocycles. The van der Waals surface area contributed by atoms with Gasteiger partial charge in [0.25, 0.3) is 0 Å². The lowest BCUT2D eigenvalue weighted by molar-refractivity contribution is 0.409. The van der Waals surface area contributed by atoms with Crippen molar-refractivity contribution in [3.63, 3.8) is 0 Å². The van der Waals surface area contributed by atoms with E-state index in [0.717, 1.165) is 11.3 Å². The van der Waals surface area contributed by atoms with Gasteiger partial charge in [-0.2, -0.15) is 0 Å². The van der Waals surface area contributed by atoms with Crippen molar-refractivity contribution in [3.05, 3.63) is 23.8 Å². The average molecular weight is 219 g/mol. The Labute approximate surface area is 96.4 Å². The number of methoxy groups -OCH3 is 1. The lowest BCUT2D eigenvalue weighted by atomic mass is 10.1. The van der Waals surface area contributed by atoms with Crippen molar-refractivity contribution in [2.45, 2.75) is 25.9 Å². The van der Waals surface area contributed by atoms with Gasteiger partial charge in [-0.15, -0.1) is 12.3 Å². The van der Waals surface area contributed by atoms with Gasteiger partial charge >= 0.3 is 0 Å². The third-order valence-electron chi connectivity index (χ3n) is 2.35. The summed E-state index contributed by atoms with van der Waals surface area (Å²) in [6, 6.07) is 5.40. The Hall–Kier alpha value is -1.66. The van der Waals surface area contributed by atoms with Crippen LogP contribution >= 0.6 is 0 Å². The lowest BCUT2D eigenvalue weighted by Crippen LogP contribution is -2.24. The first kappa shape index (κ1) is 12.4. The molecule has 86 valence electrons. The number of hydrogen-bond acceptors (Lipinski definition) is 3. The number of rotatable bonds is 5. The monoisotopic (exact) mass is 219 g/mol. The van der Waals surface area contributed by atoms with Gasteiger partial charge in [-0.1, -0.05) is 0 Å². The Morgan fingerprint density at radius 1 is 1.56 bits per heavy atom. The predicted molar refractivity (Wildman–Crippen MR) is 64.4 cm³/mol. The number of hydrogen-bond donors (Lipinski definition) is 2. The van der Waals surface area contributed by atoms with Crippen molar-refractivity contribution in [2.75, 3.05) is 7.11 Å². The normalized spacial score (nSPS) is 11.8. The van der Waals surface area contributed by atoms with E-state index in [4.69, 9.17) is 11.2 Å². The van der Waals surface area contributed by atoms with Gasteiger partial charge in [0.15, 0.2) is 0 Å². The first-order valence-electron chi connectivity index (χ1n) is 5.20. The largest absolute Gasteiger partial charge is 0.508 e. The molecule has 1 aromatic rings. The van der Waals surface area contributed by atoms with E-state index in [1.165, 1.54) is 0 Å². The minimum absolute atomic E-state index is 0.232. The average Bonchev–Trinajstić information content (AvgIpc) is 2.28. The van der Waals surface area contributed by atoms with E-state index in [-0.39, 0.29) is 11.8 Å². The van der Waals surface area contributed by atoms with Crippen LogP contribution in [0.3, 0.4) is 0 Å². The number of ether oxygens (including phenoxy) is 1. The summed E-state index contributed by atoms with van der Waals surface area (Å²) in [5.74, 6) is 3.59. The molecule has 0 fully saturated rings. The van der Waals surface area contributed by atoms with Crippen LogP contribution in [0.2, 0.25) is 0 Å². The molecule has 1 atom stereocenters. The van der Waals surface area contributed by atoms with Crippen molar-refractivity contribution < 1.29 is 9.84 Å². The van der Waals surface area contributed by atoms with Crippen LogP contribution in [-0.4, -0.2) is 18.3 Å². The summed E-state index contributed by atoms with van der Waals surface area (Å²) in [7, 11) is 1.60. The number of benzene rings is 1. The van der Waals surface area contributed by atoms with Gasteiger partial charge < -0.3 is 15.2 Å². The fourth-order valence-corrected chi connectivity index (χ4v) is 1.36. The van der Waals surface area contributed by atoms with Gasteiger partial charge in [-0.25, -0.2) is 0 Å². The van der Waals surface area contributed by atoms with E-state index in [9.17, 15) is 5.11 Å². The summed E-state index contributed by atoms with van der Waals surface area (Å²) in [6.07, 6.45) is 5.89. The summed E-state index contributed by atoms with van der Waals surface area (Å²) < 4.78 is 5.09. The van der Waals surface area contributed by atoms with Crippen LogP contribution in [0.5, 0.6) is 11.5 Å². The van der Waals surface area contributed by atoms with Crippen LogP contribution in [0.15, 0.2) is 18.2 Å². The van der Waals surface area contributed by atoms with Crippen molar-refractivity contribution in [3.8, 4) is 23.8 Å². The molecule has 1 unspecified atom stereocenters. The molecule has 0 saturated carbocycles. The molecule has 0 saturated heterocycles. The van der Waals surface area contributed by atoms with Gasteiger partial charge in [-0.05, 0) is 25.1 Å². The molecule has 16 heavy (non-hydrogen) atoms. The Kier molecular flexibility index (Phi) is 4.68. The summed E-state index contributed by atoms with van der Waals surface area (Å²) >= 11 is 0. The minimum Gasteiger partial charge on any atom is -0.508 e. The summed E-state index contributed by atoms with van der Waals surface area (Å²) in [5.41, 5.74) is 0.809. The zero-order valence-electron chi connectivity index (χ0n) is 9.66. The molecular formula is C13H17NO2. The Morgan fingerprint density at radius 3 is 2.94 bits per heavy atom. The first-order chi connectivity index (χ1) is 7.67. The Balaban J connectivity index is 2.62. The lowest BCUT2D eigenvalue weighted by Gasteiger charge is -2.12. The van der Waals surface area contributed by atoms with Crippen molar-refractivity contribution in [2.24, 2.45) is 0 Å². The topological polar surface area (TPSA) is 41.5 Å². The quantitative estimate of drug-likeness (QED) is 0.743. The predicted octanol–water partition coefficient (Wildman–Crippen LogP) is 1.90. The van der Waals surface area contributed by atoms with Crippen LogP contribution in [0, 0.1) is 12.3 Å². The van der Waals surface area contributed by atoms with Gasteiger partial charge in [0.1, 0.15) is 11.5 Å². The van der Waals surface area contributed by atoms with E-state index in [1.54, 1.807) is 19.2 Å². The summed E-state index contributed by atoms with van der Waals surface area (Å²) in [4.78, 5) is 0. The zero-order chi connectivity index (χ0) is 12.0. The highest BCUT2D eigenvalue weighted by atomic mass is 16.5. The van der Waals surface area contributed by atoms with E-state index in [2.05, 4.69) is 11.2 Å². The fourth-order valence-electron chi connectivity index (χ4n) is 1.36. The number of terminal acetylenes is 1. The highest BCUT2D eigenvalue weighted by Crippen LogP contribution is 2.22. The van der Waals surface area contributed by atoms with E-state index in [1.807, 2.05) is 13.0 Å². The molecule has 0 bridgehead atoms. The molecule has 0 aromatic heterocycles. The maximum atomic E-state index is 9.64. The van der Waals surface area contributed by atoms with E-state index in [0.29, 0.717) is 13.0 Å². The molecule has 2 N–H and O–H groups in total. The molecule has 3 nitrogen and oxygen atoms in total. The standard InChI is InChI=1S/C13H17NO2/c1-4-5-10(2)14-9-11-8-12(16-3)6-7-13(11)15/h1,6-8,10,14-15H,5,9H2,2-3H3. The summed E-state index contributed by atoms with van der Waals surface area (Å²) in [5, 5.41) is 12.9. The Morgan fingerprint density at radius 2 is 2.31 bits per heavy atom. The molecule has 1 rings (SSSR count). The van der Waals surface area contributed by atoms with Crippen LogP contribution in [-0.2, 0) is 6.54 Å². The van der Waals surface area contributed by atoms with Gasteiger partial charge in [0.2, 0.25) is 0 Å². The molecule has 0 aliphatic rings.